The van der Waals surface area contributed by atoms with Gasteiger partial charge in [0.05, 0.1) is 7.11 Å². The second-order valence-electron chi connectivity index (χ2n) is 8.86. The number of nitrogens with one attached hydrogen (secondary N) is 2. The molecule has 2 N–H and O–H groups in total. The average Bonchev–Trinajstić information content (AvgIpc) is 3.55. The normalized spacial score (nSPS) is 18.3. The third-order valence-corrected chi connectivity index (χ3v) is 5.67. The highest BCUT2D eigenvalue weighted by Gasteiger charge is 2.28. The molecule has 30 heavy (non-hydrogen) atoms. The van der Waals surface area contributed by atoms with Gasteiger partial charge in [-0.15, -0.1) is 0 Å². The van der Waals surface area contributed by atoms with E-state index < -0.39 is 0 Å². The molecule has 5 nitrogen and oxygen atoms in total. The number of ether oxygens (including phenoxy) is 1. The summed E-state index contributed by atoms with van der Waals surface area (Å²) in [6, 6.07) is 12.8. The molecule has 0 bridgehead atoms. The van der Waals surface area contributed by atoms with Gasteiger partial charge in [-0.2, -0.15) is 0 Å². The minimum absolute atomic E-state index is 0.0871. The number of hydrogen-bond donors (Lipinski definition) is 2. The van der Waals surface area contributed by atoms with Crippen molar-refractivity contribution < 1.29 is 14.3 Å². The van der Waals surface area contributed by atoms with Gasteiger partial charge < -0.3 is 15.4 Å². The minimum Gasteiger partial charge on any atom is -0.497 e. The molecular weight excluding hydrogens is 376 g/mol. The number of benzene rings is 2. The number of ketones is 1. The molecule has 0 aromatic heterocycles. The maximum Gasteiger partial charge on any atom is 0.251 e. The zero-order valence-corrected chi connectivity index (χ0v) is 17.7. The van der Waals surface area contributed by atoms with Crippen molar-refractivity contribution >= 4 is 17.4 Å². The van der Waals surface area contributed by atoms with Crippen LogP contribution in [0.1, 0.15) is 58.5 Å². The monoisotopic (exact) mass is 404 g/mol. The van der Waals surface area contributed by atoms with Crippen LogP contribution in [-0.4, -0.2) is 30.9 Å². The molecule has 0 unspecified atom stereocenters. The standard InChI is InChI=1S/C25H28N2O3/c1-25(2)14-19-10-11-20(30-3)12-21(19)22(27-25)13-23(28)17-6-8-18(9-7-17)24(29)26-15-16-4-5-16/h6-13,16,27H,4-5,14-15H2,1-3H3,(H,26,29)/b22-13-. The number of carbonyl (C=O) groups excluding carboxylic acids is 2. The maximum absolute atomic E-state index is 12.9. The molecule has 1 heterocycles. The number of rotatable bonds is 6. The van der Waals surface area contributed by atoms with Crippen LogP contribution in [0.4, 0.5) is 0 Å². The van der Waals surface area contributed by atoms with Gasteiger partial charge >= 0.3 is 0 Å². The van der Waals surface area contributed by atoms with Crippen LogP contribution in [0.25, 0.3) is 5.70 Å². The predicted octanol–water partition coefficient (Wildman–Crippen LogP) is 3.98. The molecule has 1 amide bonds. The Hall–Kier alpha value is -3.08. The van der Waals surface area contributed by atoms with E-state index in [-0.39, 0.29) is 17.2 Å². The number of hydrogen-bond acceptors (Lipinski definition) is 4. The molecule has 4 rings (SSSR count). The van der Waals surface area contributed by atoms with Gasteiger partial charge in [0.15, 0.2) is 5.78 Å². The molecule has 0 radical (unpaired) electrons. The summed E-state index contributed by atoms with van der Waals surface area (Å²) in [5.41, 5.74) is 3.93. The SMILES string of the molecule is COc1ccc2c(c1)/C(=C/C(=O)c1ccc(C(=O)NCC3CC3)cc1)NC(C)(C)C2. The molecule has 2 aromatic rings. The first-order valence-electron chi connectivity index (χ1n) is 10.4. The van der Waals surface area contributed by atoms with E-state index in [9.17, 15) is 9.59 Å². The molecule has 1 aliphatic heterocycles. The number of carbonyl (C=O) groups is 2. The highest BCUT2D eigenvalue weighted by atomic mass is 16.5. The maximum atomic E-state index is 12.9. The third-order valence-electron chi connectivity index (χ3n) is 5.67. The Bertz CT molecular complexity index is 1000. The number of fused-ring (bicyclic) bond motifs is 1. The van der Waals surface area contributed by atoms with Crippen molar-refractivity contribution in [2.45, 2.75) is 38.6 Å². The topological polar surface area (TPSA) is 67.4 Å². The molecule has 1 saturated carbocycles. The zero-order valence-electron chi connectivity index (χ0n) is 17.7. The van der Waals surface area contributed by atoms with Crippen LogP contribution < -0.4 is 15.4 Å². The van der Waals surface area contributed by atoms with E-state index in [2.05, 4.69) is 30.5 Å². The summed E-state index contributed by atoms with van der Waals surface area (Å²) >= 11 is 0. The molecular formula is C25H28N2O3. The van der Waals surface area contributed by atoms with Crippen molar-refractivity contribution in [3.63, 3.8) is 0 Å². The highest BCUT2D eigenvalue weighted by molar-refractivity contribution is 6.09. The molecule has 2 aromatic carbocycles. The highest BCUT2D eigenvalue weighted by Crippen LogP contribution is 2.32. The Morgan fingerprint density at radius 2 is 1.83 bits per heavy atom. The molecule has 0 atom stereocenters. The second-order valence-corrected chi connectivity index (χ2v) is 8.86. The lowest BCUT2D eigenvalue weighted by atomic mass is 9.85. The number of amides is 1. The van der Waals surface area contributed by atoms with Gasteiger partial charge in [0, 0.05) is 40.5 Å². The van der Waals surface area contributed by atoms with E-state index in [0.717, 1.165) is 30.0 Å². The van der Waals surface area contributed by atoms with Crippen molar-refractivity contribution in [2.24, 2.45) is 5.92 Å². The number of methoxy groups -OCH3 is 1. The summed E-state index contributed by atoms with van der Waals surface area (Å²) in [6.07, 6.45) is 4.90. The van der Waals surface area contributed by atoms with Crippen molar-refractivity contribution in [2.75, 3.05) is 13.7 Å². The first-order valence-corrected chi connectivity index (χ1v) is 10.4. The van der Waals surface area contributed by atoms with E-state index in [0.29, 0.717) is 17.0 Å². The molecule has 5 heteroatoms. The van der Waals surface area contributed by atoms with Crippen molar-refractivity contribution in [3.05, 3.63) is 70.8 Å². The predicted molar refractivity (Wildman–Crippen MR) is 118 cm³/mol. The van der Waals surface area contributed by atoms with E-state index in [4.69, 9.17) is 4.74 Å². The van der Waals surface area contributed by atoms with Gasteiger partial charge in [0.1, 0.15) is 5.75 Å². The lowest BCUT2D eigenvalue weighted by Crippen LogP contribution is -2.43. The summed E-state index contributed by atoms with van der Waals surface area (Å²) < 4.78 is 5.37. The van der Waals surface area contributed by atoms with Crippen LogP contribution in [0.15, 0.2) is 48.5 Å². The van der Waals surface area contributed by atoms with E-state index in [1.807, 2.05) is 12.1 Å². The van der Waals surface area contributed by atoms with Gasteiger partial charge in [0.2, 0.25) is 0 Å². The Kier molecular flexibility index (Phi) is 5.37. The fourth-order valence-electron chi connectivity index (χ4n) is 3.81. The smallest absolute Gasteiger partial charge is 0.251 e. The summed E-state index contributed by atoms with van der Waals surface area (Å²) in [5, 5.41) is 6.43. The van der Waals surface area contributed by atoms with Crippen LogP contribution in [0.5, 0.6) is 5.75 Å². The third kappa shape index (κ3) is 4.56. The Balaban J connectivity index is 1.55. The average molecular weight is 405 g/mol. The molecule has 1 aliphatic carbocycles. The summed E-state index contributed by atoms with van der Waals surface area (Å²) in [4.78, 5) is 25.2. The van der Waals surface area contributed by atoms with Gasteiger partial charge in [-0.3, -0.25) is 9.59 Å². The van der Waals surface area contributed by atoms with Crippen LogP contribution in [-0.2, 0) is 6.42 Å². The first-order chi connectivity index (χ1) is 14.3. The second kappa shape index (κ2) is 7.98. The molecule has 2 aliphatic rings. The fourth-order valence-corrected chi connectivity index (χ4v) is 3.81. The van der Waals surface area contributed by atoms with Crippen LogP contribution in [0.2, 0.25) is 0 Å². The lowest BCUT2D eigenvalue weighted by Gasteiger charge is -2.35. The van der Waals surface area contributed by atoms with Crippen molar-refractivity contribution in [3.8, 4) is 5.75 Å². The molecule has 156 valence electrons. The van der Waals surface area contributed by atoms with E-state index >= 15 is 0 Å². The first kappa shape index (κ1) is 20.2. The van der Waals surface area contributed by atoms with Crippen LogP contribution in [0, 0.1) is 5.92 Å². The number of allylic oxidation sites excluding steroid dienone is 1. The van der Waals surface area contributed by atoms with Gasteiger partial charge in [-0.1, -0.05) is 18.2 Å². The van der Waals surface area contributed by atoms with E-state index in [1.54, 1.807) is 37.5 Å². The van der Waals surface area contributed by atoms with E-state index in [1.165, 1.54) is 18.4 Å². The minimum atomic E-state index is -0.156. The van der Waals surface area contributed by atoms with Crippen LogP contribution >= 0.6 is 0 Å². The molecule has 0 saturated heterocycles. The van der Waals surface area contributed by atoms with Gasteiger partial charge in [-0.25, -0.2) is 0 Å². The van der Waals surface area contributed by atoms with Crippen LogP contribution in [0.3, 0.4) is 0 Å². The van der Waals surface area contributed by atoms with Gasteiger partial charge in [-0.05, 0) is 68.9 Å². The lowest BCUT2D eigenvalue weighted by molar-refractivity contribution is 0.0950. The Morgan fingerprint density at radius 3 is 2.50 bits per heavy atom. The zero-order chi connectivity index (χ0) is 21.3. The fraction of sp³-hybridized carbons (Fsp3) is 0.360. The Labute approximate surface area is 177 Å². The molecule has 1 fully saturated rings. The Morgan fingerprint density at radius 1 is 1.13 bits per heavy atom. The van der Waals surface area contributed by atoms with Crippen molar-refractivity contribution in [1.82, 2.24) is 10.6 Å². The summed E-state index contributed by atoms with van der Waals surface area (Å²) in [5.74, 6) is 1.20. The van der Waals surface area contributed by atoms with Gasteiger partial charge in [0.25, 0.3) is 5.91 Å². The quantitative estimate of drug-likeness (QED) is 0.564. The summed E-state index contributed by atoms with van der Waals surface area (Å²) in [7, 11) is 1.64. The molecule has 0 spiro atoms. The largest absolute Gasteiger partial charge is 0.497 e. The van der Waals surface area contributed by atoms with Crippen molar-refractivity contribution in [1.29, 1.82) is 0 Å². The summed E-state index contributed by atoms with van der Waals surface area (Å²) in [6.45, 7) is 4.97.